The summed E-state index contributed by atoms with van der Waals surface area (Å²) in [5.74, 6) is 1.72. The molecule has 1 saturated carbocycles. The Balaban J connectivity index is 1.40. The molecule has 8 nitrogen and oxygen atoms in total. The number of sulfonamides is 1. The van der Waals surface area contributed by atoms with Crippen LogP contribution >= 0.6 is 0 Å². The highest BCUT2D eigenvalue weighted by Gasteiger charge is 2.37. The van der Waals surface area contributed by atoms with Gasteiger partial charge in [-0.05, 0) is 62.3 Å². The molecule has 1 aliphatic carbocycles. The van der Waals surface area contributed by atoms with E-state index in [1.807, 2.05) is 0 Å². The average Bonchev–Trinajstić information content (AvgIpc) is 3.45. The normalized spacial score (nSPS) is 25.5. The van der Waals surface area contributed by atoms with Crippen LogP contribution in [0.3, 0.4) is 0 Å². The molecule has 0 bridgehead atoms. The molecule has 9 heteroatoms. The van der Waals surface area contributed by atoms with Crippen LogP contribution in [0.5, 0.6) is 0 Å². The van der Waals surface area contributed by atoms with E-state index >= 15 is 0 Å². The SMILES string of the molecule is Cc1noc(/C=C/c2ccco2)c1S(=O)(=O)N1CCC(C(=O)N[C@@H]2CCC[C@@H](C)[C@H]2C)CC1. The highest BCUT2D eigenvalue weighted by atomic mass is 32.2. The Bertz CT molecular complexity index is 1080. The van der Waals surface area contributed by atoms with Crippen molar-refractivity contribution in [2.24, 2.45) is 17.8 Å². The van der Waals surface area contributed by atoms with Crippen molar-refractivity contribution in [1.82, 2.24) is 14.8 Å². The second kappa shape index (κ2) is 9.85. The lowest BCUT2D eigenvalue weighted by Gasteiger charge is -2.36. The second-order valence-electron chi connectivity index (χ2n) is 9.37. The smallest absolute Gasteiger partial charge is 0.248 e. The number of hydrogen-bond donors (Lipinski definition) is 1. The van der Waals surface area contributed by atoms with Gasteiger partial charge < -0.3 is 14.3 Å². The fourth-order valence-corrected chi connectivity index (χ4v) is 6.64. The van der Waals surface area contributed by atoms with Crippen molar-refractivity contribution < 1.29 is 22.2 Å². The molecule has 33 heavy (non-hydrogen) atoms. The van der Waals surface area contributed by atoms with Crippen LogP contribution in [-0.4, -0.2) is 42.9 Å². The first-order valence-electron chi connectivity index (χ1n) is 11.8. The predicted octanol–water partition coefficient (Wildman–Crippen LogP) is 4.09. The number of aromatic nitrogens is 1. The molecule has 2 aliphatic rings. The Morgan fingerprint density at radius 3 is 2.64 bits per heavy atom. The molecule has 0 unspecified atom stereocenters. The van der Waals surface area contributed by atoms with E-state index in [0.717, 1.165) is 12.8 Å². The van der Waals surface area contributed by atoms with Crippen LogP contribution in [0.15, 0.2) is 32.2 Å². The lowest BCUT2D eigenvalue weighted by atomic mass is 9.78. The number of hydrogen-bond acceptors (Lipinski definition) is 6. The van der Waals surface area contributed by atoms with Gasteiger partial charge in [-0.3, -0.25) is 4.79 Å². The number of carbonyl (C=O) groups is 1. The summed E-state index contributed by atoms with van der Waals surface area (Å²) < 4.78 is 38.8. The summed E-state index contributed by atoms with van der Waals surface area (Å²) in [6, 6.07) is 3.73. The number of furan rings is 1. The molecule has 4 rings (SSSR count). The zero-order chi connectivity index (χ0) is 23.6. The molecule has 3 atom stereocenters. The molecule has 0 spiro atoms. The van der Waals surface area contributed by atoms with Gasteiger partial charge in [0.25, 0.3) is 0 Å². The van der Waals surface area contributed by atoms with Crippen molar-refractivity contribution in [2.75, 3.05) is 13.1 Å². The van der Waals surface area contributed by atoms with Gasteiger partial charge in [0.05, 0.1) is 6.26 Å². The average molecular weight is 476 g/mol. The number of nitrogens with zero attached hydrogens (tertiary/aromatic N) is 2. The maximum atomic E-state index is 13.4. The van der Waals surface area contributed by atoms with Crippen LogP contribution in [0.4, 0.5) is 0 Å². The lowest BCUT2D eigenvalue weighted by Crippen LogP contribution is -2.48. The topological polar surface area (TPSA) is 106 Å². The van der Waals surface area contributed by atoms with E-state index in [0.29, 0.717) is 49.2 Å². The summed E-state index contributed by atoms with van der Waals surface area (Å²) in [7, 11) is -3.80. The highest BCUT2D eigenvalue weighted by Crippen LogP contribution is 2.32. The van der Waals surface area contributed by atoms with Gasteiger partial charge in [-0.2, -0.15) is 4.31 Å². The largest absolute Gasteiger partial charge is 0.465 e. The van der Waals surface area contributed by atoms with Crippen molar-refractivity contribution >= 4 is 28.1 Å². The zero-order valence-electron chi connectivity index (χ0n) is 19.5. The fraction of sp³-hybridized carbons (Fsp3) is 0.583. The van der Waals surface area contributed by atoms with Crippen LogP contribution in [-0.2, 0) is 14.8 Å². The molecule has 1 N–H and O–H groups in total. The Kier molecular flexibility index (Phi) is 7.09. The maximum absolute atomic E-state index is 13.4. The number of piperidine rings is 1. The molecular formula is C24H33N3O5S. The van der Waals surface area contributed by atoms with Gasteiger partial charge in [-0.15, -0.1) is 0 Å². The van der Waals surface area contributed by atoms with Crippen LogP contribution < -0.4 is 5.32 Å². The third kappa shape index (κ3) is 5.09. The molecule has 3 heterocycles. The van der Waals surface area contributed by atoms with E-state index in [9.17, 15) is 13.2 Å². The molecule has 1 aliphatic heterocycles. The van der Waals surface area contributed by atoms with Crippen LogP contribution in [0.2, 0.25) is 0 Å². The first kappa shape index (κ1) is 23.8. The Hall–Kier alpha value is -2.39. The maximum Gasteiger partial charge on any atom is 0.248 e. The van der Waals surface area contributed by atoms with E-state index in [2.05, 4.69) is 24.3 Å². The van der Waals surface area contributed by atoms with Gasteiger partial charge in [0.15, 0.2) is 10.7 Å². The highest BCUT2D eigenvalue weighted by molar-refractivity contribution is 7.89. The van der Waals surface area contributed by atoms with Gasteiger partial charge in [-0.25, -0.2) is 8.42 Å². The summed E-state index contributed by atoms with van der Waals surface area (Å²) in [4.78, 5) is 13.0. The van der Waals surface area contributed by atoms with Crippen LogP contribution in [0, 0.1) is 24.7 Å². The first-order chi connectivity index (χ1) is 15.8. The third-order valence-corrected chi connectivity index (χ3v) is 9.29. The number of rotatable bonds is 6. The standard InChI is InChI=1S/C24H33N3O5S/c1-16-6-4-8-21(17(16)2)25-24(28)19-11-13-27(14-12-19)33(29,30)23-18(3)26-32-22(23)10-9-20-7-5-15-31-20/h5,7,9-10,15-17,19,21H,4,6,8,11-14H2,1-3H3,(H,25,28)/b10-9+/t16-,17-,21-/m1/s1. The summed E-state index contributed by atoms with van der Waals surface area (Å²) in [5, 5.41) is 7.12. The van der Waals surface area contributed by atoms with Crippen LogP contribution in [0.25, 0.3) is 12.2 Å². The number of carbonyl (C=O) groups excluding carboxylic acids is 1. The van der Waals surface area contributed by atoms with Gasteiger partial charge in [0.2, 0.25) is 15.9 Å². The summed E-state index contributed by atoms with van der Waals surface area (Å²) in [6.45, 7) is 6.67. The number of nitrogens with one attached hydrogen (secondary N) is 1. The summed E-state index contributed by atoms with van der Waals surface area (Å²) >= 11 is 0. The minimum Gasteiger partial charge on any atom is -0.465 e. The van der Waals surface area contributed by atoms with E-state index < -0.39 is 10.0 Å². The molecule has 1 amide bonds. The summed E-state index contributed by atoms with van der Waals surface area (Å²) in [6.07, 6.45) is 9.12. The minimum absolute atomic E-state index is 0.0567. The van der Waals surface area contributed by atoms with Crippen molar-refractivity contribution in [1.29, 1.82) is 0 Å². The first-order valence-corrected chi connectivity index (χ1v) is 13.2. The van der Waals surface area contributed by atoms with Gasteiger partial charge in [0, 0.05) is 25.0 Å². The quantitative estimate of drug-likeness (QED) is 0.675. The van der Waals surface area contributed by atoms with Gasteiger partial charge in [0.1, 0.15) is 11.5 Å². The van der Waals surface area contributed by atoms with Crippen molar-refractivity contribution in [2.45, 2.75) is 63.8 Å². The molecular weight excluding hydrogens is 442 g/mol. The van der Waals surface area contributed by atoms with E-state index in [1.54, 1.807) is 37.5 Å². The second-order valence-corrected chi connectivity index (χ2v) is 11.2. The van der Waals surface area contributed by atoms with Crippen molar-refractivity contribution in [3.8, 4) is 0 Å². The monoisotopic (exact) mass is 475 g/mol. The van der Waals surface area contributed by atoms with Gasteiger partial charge >= 0.3 is 0 Å². The molecule has 0 radical (unpaired) electrons. The van der Waals surface area contributed by atoms with Crippen LogP contribution in [0.1, 0.15) is 63.2 Å². The van der Waals surface area contributed by atoms with E-state index in [-0.39, 0.29) is 28.5 Å². The number of amides is 1. The zero-order valence-corrected chi connectivity index (χ0v) is 20.3. The fourth-order valence-electron chi connectivity index (χ4n) is 4.92. The molecule has 2 aromatic rings. The third-order valence-electron chi connectivity index (χ3n) is 7.23. The molecule has 1 saturated heterocycles. The van der Waals surface area contributed by atoms with E-state index in [1.165, 1.54) is 10.7 Å². The van der Waals surface area contributed by atoms with E-state index in [4.69, 9.17) is 8.94 Å². The van der Waals surface area contributed by atoms with Crippen molar-refractivity contribution in [3.05, 3.63) is 35.6 Å². The van der Waals surface area contributed by atoms with Gasteiger partial charge in [-0.1, -0.05) is 31.8 Å². The molecule has 2 aromatic heterocycles. The minimum atomic E-state index is -3.80. The number of aryl methyl sites for hydroxylation is 1. The predicted molar refractivity (Wildman–Crippen MR) is 124 cm³/mol. The molecule has 0 aromatic carbocycles. The Labute approximate surface area is 195 Å². The Morgan fingerprint density at radius 1 is 1.18 bits per heavy atom. The Morgan fingerprint density at radius 2 is 1.94 bits per heavy atom. The molecule has 2 fully saturated rings. The lowest BCUT2D eigenvalue weighted by molar-refractivity contribution is -0.127. The van der Waals surface area contributed by atoms with Crippen molar-refractivity contribution in [3.63, 3.8) is 0 Å². The summed E-state index contributed by atoms with van der Waals surface area (Å²) in [5.41, 5.74) is 0.314. The molecule has 180 valence electrons.